The number of aliphatic carboxylic acids is 3. The van der Waals surface area contributed by atoms with E-state index in [-0.39, 0.29) is 172 Å². The number of amides is 3. The molecular formula is C50H88N5O17SY-. The van der Waals surface area contributed by atoms with Gasteiger partial charge in [-0.2, -0.15) is 11.8 Å². The minimum absolute atomic E-state index is 0. The molecule has 0 saturated heterocycles. The molecule has 0 aromatic rings. The molecule has 0 saturated carbocycles. The summed E-state index contributed by atoms with van der Waals surface area (Å²) in [4.78, 5) is 103. The number of rotatable bonds is 51. The number of unbranched alkanes of at least 4 members (excludes halogenated alkanes) is 11. The molecule has 3 amide bonds. The van der Waals surface area contributed by atoms with E-state index < -0.39 is 48.2 Å². The molecule has 0 aromatic heterocycles. The maximum Gasteiger partial charge on any atom is 0.326 e. The SMILES string of the molecule is C=C(CCCCCCCCCCCCCCC(=O)O)N[C@@H](CCC(=O)CCCOCCOCC(=O)NCCOCCOCC(=O)NCCNC(=O)CSC[C@H]([CH2-])C(=O)C[C@@H](CO)C(=O)O)C(=O)O.C[C@H](N)C=O.[Y]. The predicted molar refractivity (Wildman–Crippen MR) is 275 cm³/mol. The van der Waals surface area contributed by atoms with Gasteiger partial charge in [0.05, 0.1) is 57.4 Å². The number of carbonyl (C=O) groups excluding carboxylic acids is 6. The number of nitrogens with one attached hydrogen (secondary N) is 4. The van der Waals surface area contributed by atoms with Gasteiger partial charge in [-0.25, -0.2) is 4.79 Å². The Bertz CT molecular complexity index is 1560. The standard InChI is InChI=1S/C47H81N4O16S.C3H7NO.Y/c1-36(41(54)30-38(31-52)46(60)61)34-68-35-44(57)49-22-21-48-42(55)32-67-29-27-65-25-23-50-43(56)33-66-28-26-64-24-15-17-39(53)19-20-40(47(62)63)51-37(2)16-13-11-9-7-5-3-4-6-8-10-12-14-18-45(58)59;1-3(4)2-5;/h36,38,40,51-52H,1-35H2,(H,48,55)(H,49,57)(H,50,56)(H,58,59)(H,60,61)(H,62,63);2-3H,4H2,1H3;/q-1;;/t36-,38-,40-;3-;/m00./s1. The predicted octanol–water partition coefficient (Wildman–Crippen LogP) is 3.00. The number of nitrogens with two attached hydrogens (primary N) is 1. The van der Waals surface area contributed by atoms with E-state index in [1.54, 1.807) is 6.92 Å². The van der Waals surface area contributed by atoms with Gasteiger partial charge in [0.15, 0.2) is 0 Å². The van der Waals surface area contributed by atoms with E-state index in [9.17, 15) is 48.3 Å². The molecule has 0 spiro atoms. The molecule has 4 atom stereocenters. The Morgan fingerprint density at radius 3 is 1.59 bits per heavy atom. The largest absolute Gasteiger partial charge is 0.481 e. The Balaban J connectivity index is -0.00000797. The molecule has 0 aliphatic carbocycles. The summed E-state index contributed by atoms with van der Waals surface area (Å²) in [5.74, 6) is -6.11. The van der Waals surface area contributed by atoms with Gasteiger partial charge in [0.1, 0.15) is 37.1 Å². The second-order valence-corrected chi connectivity index (χ2v) is 18.5. The first kappa shape index (κ1) is 74.8. The van der Waals surface area contributed by atoms with E-state index in [1.807, 2.05) is 0 Å². The number of ketones is 2. The quantitative estimate of drug-likeness (QED) is 0.0240. The van der Waals surface area contributed by atoms with Crippen LogP contribution in [-0.2, 0) is 94.8 Å². The monoisotopic (exact) mass is 1150 g/mol. The summed E-state index contributed by atoms with van der Waals surface area (Å²) in [5.41, 5.74) is 5.59. The average Bonchev–Trinajstić information content (AvgIpc) is 3.34. The van der Waals surface area contributed by atoms with Gasteiger partial charge in [-0.15, -0.1) is 5.92 Å². The fourth-order valence-corrected chi connectivity index (χ4v) is 7.25. The van der Waals surface area contributed by atoms with Crippen molar-refractivity contribution in [2.45, 2.75) is 141 Å². The Labute approximate surface area is 467 Å². The van der Waals surface area contributed by atoms with Crippen LogP contribution in [0.25, 0.3) is 0 Å². The first-order chi connectivity index (χ1) is 34.9. The van der Waals surface area contributed by atoms with Gasteiger partial charge in [0, 0.05) is 90.3 Å². The van der Waals surface area contributed by atoms with Crippen LogP contribution in [0.2, 0.25) is 0 Å². The van der Waals surface area contributed by atoms with Crippen molar-refractivity contribution in [1.82, 2.24) is 21.3 Å². The minimum Gasteiger partial charge on any atom is -0.481 e. The number of Topliss-reactive ketones (excluding diaryl/α,β-unsaturated/α-hetero) is 2. The normalized spacial score (nSPS) is 12.3. The van der Waals surface area contributed by atoms with Crippen molar-refractivity contribution >= 4 is 65.2 Å². The summed E-state index contributed by atoms with van der Waals surface area (Å²) in [7, 11) is 0. The Kier molecular flexibility index (Phi) is 53.6. The van der Waals surface area contributed by atoms with Crippen LogP contribution in [-0.4, -0.2) is 177 Å². The molecule has 1 radical (unpaired) electrons. The van der Waals surface area contributed by atoms with Crippen LogP contribution in [0.15, 0.2) is 12.3 Å². The Morgan fingerprint density at radius 2 is 1.11 bits per heavy atom. The van der Waals surface area contributed by atoms with Crippen LogP contribution in [0.5, 0.6) is 0 Å². The molecule has 425 valence electrons. The van der Waals surface area contributed by atoms with Crippen molar-refractivity contribution in [3.05, 3.63) is 19.2 Å². The molecule has 0 rings (SSSR count). The summed E-state index contributed by atoms with van der Waals surface area (Å²) in [6.07, 6.45) is 15.5. The van der Waals surface area contributed by atoms with Crippen LogP contribution in [0.3, 0.4) is 0 Å². The number of carbonyl (C=O) groups is 9. The number of carboxylic acids is 3. The molecule has 10 N–H and O–H groups in total. The molecule has 0 aromatic carbocycles. The van der Waals surface area contributed by atoms with Gasteiger partial charge in [0.25, 0.3) is 0 Å². The maximum atomic E-state index is 12.4. The van der Waals surface area contributed by atoms with Crippen molar-refractivity contribution in [2.75, 3.05) is 90.6 Å². The second-order valence-electron chi connectivity index (χ2n) is 17.4. The first-order valence-electron chi connectivity index (χ1n) is 25.4. The average molecular weight is 1150 g/mol. The molecule has 0 heterocycles. The maximum absolute atomic E-state index is 12.4. The number of thioether (sulfide) groups is 1. The smallest absolute Gasteiger partial charge is 0.326 e. The van der Waals surface area contributed by atoms with E-state index in [0.717, 1.165) is 50.3 Å². The van der Waals surface area contributed by atoms with E-state index >= 15 is 0 Å². The van der Waals surface area contributed by atoms with Crippen molar-refractivity contribution in [3.8, 4) is 0 Å². The van der Waals surface area contributed by atoms with Gasteiger partial charge in [-0.05, 0) is 44.8 Å². The number of aliphatic hydroxyl groups excluding tert-OH is 1. The summed E-state index contributed by atoms with van der Waals surface area (Å²) in [5, 5.41) is 47.2. The number of hydrogen-bond acceptors (Lipinski definition) is 17. The van der Waals surface area contributed by atoms with Crippen LogP contribution < -0.4 is 27.0 Å². The third-order valence-corrected chi connectivity index (χ3v) is 11.6. The summed E-state index contributed by atoms with van der Waals surface area (Å²) < 4.78 is 21.4. The number of hydrogen-bond donors (Lipinski definition) is 9. The van der Waals surface area contributed by atoms with Crippen LogP contribution >= 0.6 is 11.8 Å². The van der Waals surface area contributed by atoms with Crippen LogP contribution in [0.4, 0.5) is 0 Å². The molecule has 0 aliphatic heterocycles. The zero-order valence-corrected chi connectivity index (χ0v) is 47.4. The van der Waals surface area contributed by atoms with Crippen LogP contribution in [0.1, 0.15) is 129 Å². The van der Waals surface area contributed by atoms with Gasteiger partial charge < -0.3 is 82.9 Å². The summed E-state index contributed by atoms with van der Waals surface area (Å²) >= 11 is 1.16. The van der Waals surface area contributed by atoms with Crippen LogP contribution in [0, 0.1) is 18.8 Å². The van der Waals surface area contributed by atoms with Gasteiger partial charge in [-0.1, -0.05) is 70.8 Å². The molecule has 0 fully saturated rings. The zero-order chi connectivity index (χ0) is 54.9. The van der Waals surface area contributed by atoms with E-state index in [1.165, 1.54) is 38.5 Å². The van der Waals surface area contributed by atoms with Crippen molar-refractivity contribution in [1.29, 1.82) is 0 Å². The van der Waals surface area contributed by atoms with Crippen molar-refractivity contribution in [2.24, 2.45) is 17.6 Å². The van der Waals surface area contributed by atoms with Crippen molar-refractivity contribution in [3.63, 3.8) is 0 Å². The van der Waals surface area contributed by atoms with E-state index in [0.29, 0.717) is 31.4 Å². The van der Waals surface area contributed by atoms with E-state index in [2.05, 4.69) is 34.8 Å². The third-order valence-electron chi connectivity index (χ3n) is 10.5. The molecule has 22 nitrogen and oxygen atoms in total. The van der Waals surface area contributed by atoms with Crippen molar-refractivity contribution < 1.29 is 115 Å². The number of ether oxygens (including phenoxy) is 4. The van der Waals surface area contributed by atoms with Gasteiger partial charge >= 0.3 is 17.9 Å². The van der Waals surface area contributed by atoms with E-state index in [4.69, 9.17) is 40.0 Å². The zero-order valence-electron chi connectivity index (χ0n) is 43.8. The summed E-state index contributed by atoms with van der Waals surface area (Å²) in [6.45, 7) is 10.2. The number of aliphatic hydroxyl groups is 1. The molecule has 0 aliphatic rings. The molecule has 0 bridgehead atoms. The third kappa shape index (κ3) is 52.0. The molecule has 24 heteroatoms. The molecule has 0 unspecified atom stereocenters. The number of carboxylic acid groups (broad SMARTS) is 3. The minimum atomic E-state index is -1.26. The first-order valence-corrected chi connectivity index (χ1v) is 26.6. The summed E-state index contributed by atoms with van der Waals surface area (Å²) in [6, 6.07) is -1.17. The fourth-order valence-electron chi connectivity index (χ4n) is 6.38. The fraction of sp³-hybridized carbons (Fsp3) is 0.760. The topological polar surface area (TPSA) is 346 Å². The molecular weight excluding hydrogens is 1060 g/mol. The van der Waals surface area contributed by atoms with Gasteiger partial charge in [-0.3, -0.25) is 28.8 Å². The number of allylic oxidation sites excluding steroid dienone is 1. The second kappa shape index (κ2) is 53.0. The molecule has 74 heavy (non-hydrogen) atoms. The number of aldehydes is 1. The van der Waals surface area contributed by atoms with Gasteiger partial charge in [0.2, 0.25) is 17.7 Å². The Hall–Kier alpha value is -3.42. The Morgan fingerprint density at radius 1 is 0.635 bits per heavy atom.